The Hall–Kier alpha value is -1.70. The number of hydrogen-bond donors (Lipinski definition) is 1. The third kappa shape index (κ3) is 2.90. The molecule has 2 aliphatic heterocycles. The molecule has 0 spiro atoms. The van der Waals surface area contributed by atoms with Gasteiger partial charge in [0.05, 0.1) is 19.2 Å². The molecule has 2 atom stereocenters. The molecule has 25 heavy (non-hydrogen) atoms. The van der Waals surface area contributed by atoms with Gasteiger partial charge < -0.3 is 20.3 Å². The molecule has 0 radical (unpaired) electrons. The Morgan fingerprint density at radius 1 is 0.920 bits per heavy atom. The third-order valence-corrected chi connectivity index (χ3v) is 5.95. The second-order valence-electron chi connectivity index (χ2n) is 7.65. The van der Waals surface area contributed by atoms with Crippen LogP contribution >= 0.6 is 0 Å². The Kier molecular flexibility index (Phi) is 4.17. The molecule has 0 amide bonds. The number of anilines is 2. The summed E-state index contributed by atoms with van der Waals surface area (Å²) in [6.07, 6.45) is 6.80. The van der Waals surface area contributed by atoms with Crippen LogP contribution in [0.3, 0.4) is 0 Å². The van der Waals surface area contributed by atoms with E-state index in [0.29, 0.717) is 31.3 Å². The fourth-order valence-corrected chi connectivity index (χ4v) is 4.44. The number of methoxy groups -OCH3 is 1. The summed E-state index contributed by atoms with van der Waals surface area (Å²) in [5.74, 6) is 1.10. The van der Waals surface area contributed by atoms with Gasteiger partial charge in [-0.25, -0.2) is 4.39 Å². The van der Waals surface area contributed by atoms with Crippen LogP contribution in [-0.4, -0.2) is 59.4 Å². The first-order chi connectivity index (χ1) is 12.0. The number of hydrogen-bond acceptors (Lipinski definition) is 7. The largest absolute Gasteiger partial charge is 0.467 e. The first-order valence-electron chi connectivity index (χ1n) is 9.31. The van der Waals surface area contributed by atoms with Gasteiger partial charge in [0.15, 0.2) is 0 Å². The van der Waals surface area contributed by atoms with Crippen LogP contribution in [0.4, 0.5) is 16.3 Å². The first-order valence-corrected chi connectivity index (χ1v) is 9.31. The molecule has 1 saturated carbocycles. The van der Waals surface area contributed by atoms with Crippen molar-refractivity contribution in [2.45, 2.75) is 56.2 Å². The molecule has 3 aliphatic rings. The monoisotopic (exact) mass is 350 g/mol. The quantitative estimate of drug-likeness (QED) is 0.888. The van der Waals surface area contributed by atoms with Crippen molar-refractivity contribution < 1.29 is 9.13 Å². The minimum Gasteiger partial charge on any atom is -0.467 e. The number of nitrogens with two attached hydrogens (primary N) is 1. The zero-order chi connectivity index (χ0) is 17.5. The molecule has 2 N–H and O–H groups in total. The number of ether oxygens (including phenoxy) is 1. The fourth-order valence-electron chi connectivity index (χ4n) is 4.44. The number of nitrogens with zero attached hydrogens (tertiary/aromatic N) is 5. The summed E-state index contributed by atoms with van der Waals surface area (Å²) >= 11 is 0. The summed E-state index contributed by atoms with van der Waals surface area (Å²) in [4.78, 5) is 17.5. The highest BCUT2D eigenvalue weighted by atomic mass is 19.1. The fraction of sp³-hybridized carbons (Fsp3) is 0.824. The van der Waals surface area contributed by atoms with Gasteiger partial charge in [-0.3, -0.25) is 0 Å². The highest BCUT2D eigenvalue weighted by Crippen LogP contribution is 2.46. The first kappa shape index (κ1) is 16.8. The van der Waals surface area contributed by atoms with E-state index in [1.807, 2.05) is 4.90 Å². The highest BCUT2D eigenvalue weighted by Gasteiger charge is 2.60. The Morgan fingerprint density at radius 2 is 1.60 bits per heavy atom. The van der Waals surface area contributed by atoms with Gasteiger partial charge in [0, 0.05) is 19.6 Å². The number of halogens is 1. The summed E-state index contributed by atoms with van der Waals surface area (Å²) in [7, 11) is 1.55. The van der Waals surface area contributed by atoms with Gasteiger partial charge in [0.1, 0.15) is 5.67 Å². The molecule has 0 aromatic carbocycles. The molecule has 1 aromatic rings. The Labute approximate surface area is 147 Å². The van der Waals surface area contributed by atoms with Gasteiger partial charge >= 0.3 is 6.01 Å². The van der Waals surface area contributed by atoms with Gasteiger partial charge in [-0.2, -0.15) is 15.0 Å². The van der Waals surface area contributed by atoms with Crippen LogP contribution in [0, 0.1) is 0 Å². The standard InChI is InChI=1S/C17H27FN6O/c1-25-15-21-13(23-9-4-2-3-5-10-23)20-14(22-15)24-11-16(18)7-6-8-17(16,19)12-24/h2-12,19H2,1H3/t16-,17+/m1/s1. The van der Waals surface area contributed by atoms with Gasteiger partial charge in [-0.15, -0.1) is 0 Å². The van der Waals surface area contributed by atoms with Crippen LogP contribution in [0.1, 0.15) is 44.9 Å². The van der Waals surface area contributed by atoms with Crippen molar-refractivity contribution in [1.82, 2.24) is 15.0 Å². The molecule has 0 unspecified atom stereocenters. The SMILES string of the molecule is COc1nc(N2CCCCCC2)nc(N2C[C@@]3(N)CCC[C@@]3(F)C2)n1. The molecule has 138 valence electrons. The van der Waals surface area contributed by atoms with Crippen LogP contribution < -0.4 is 20.3 Å². The average molecular weight is 350 g/mol. The Balaban J connectivity index is 1.62. The number of rotatable bonds is 3. The number of fused-ring (bicyclic) bond motifs is 1. The van der Waals surface area contributed by atoms with Crippen molar-refractivity contribution >= 4 is 11.9 Å². The summed E-state index contributed by atoms with van der Waals surface area (Å²) in [6, 6.07) is 0.278. The van der Waals surface area contributed by atoms with Gasteiger partial charge in [0.25, 0.3) is 0 Å². The van der Waals surface area contributed by atoms with Crippen molar-refractivity contribution in [2.24, 2.45) is 5.73 Å². The predicted octanol–water partition coefficient (Wildman–Crippen LogP) is 1.67. The van der Waals surface area contributed by atoms with Gasteiger partial charge in [-0.1, -0.05) is 12.8 Å². The van der Waals surface area contributed by atoms with Crippen molar-refractivity contribution in [1.29, 1.82) is 0 Å². The van der Waals surface area contributed by atoms with E-state index >= 15 is 4.39 Å². The van der Waals surface area contributed by atoms with Crippen molar-refractivity contribution in [2.75, 3.05) is 43.1 Å². The third-order valence-electron chi connectivity index (χ3n) is 5.95. The number of aromatic nitrogens is 3. The molecule has 3 heterocycles. The molecule has 0 bridgehead atoms. The van der Waals surface area contributed by atoms with E-state index in [9.17, 15) is 0 Å². The Bertz CT molecular complexity index is 620. The van der Waals surface area contributed by atoms with E-state index in [0.717, 1.165) is 32.4 Å². The topological polar surface area (TPSA) is 80.4 Å². The highest BCUT2D eigenvalue weighted by molar-refractivity contribution is 5.44. The van der Waals surface area contributed by atoms with E-state index in [-0.39, 0.29) is 12.6 Å². The summed E-state index contributed by atoms with van der Waals surface area (Å²) in [5, 5.41) is 0. The van der Waals surface area contributed by atoms with Crippen molar-refractivity contribution in [3.8, 4) is 6.01 Å². The lowest BCUT2D eigenvalue weighted by molar-refractivity contribution is 0.134. The van der Waals surface area contributed by atoms with Gasteiger partial charge in [-0.05, 0) is 32.1 Å². The maximum Gasteiger partial charge on any atom is 0.322 e. The minimum atomic E-state index is -1.35. The lowest BCUT2D eigenvalue weighted by Crippen LogP contribution is -2.53. The van der Waals surface area contributed by atoms with Crippen LogP contribution in [0.2, 0.25) is 0 Å². The second kappa shape index (κ2) is 6.23. The minimum absolute atomic E-state index is 0.246. The maximum atomic E-state index is 15.2. The lowest BCUT2D eigenvalue weighted by atomic mass is 9.89. The van der Waals surface area contributed by atoms with Crippen LogP contribution in [0.25, 0.3) is 0 Å². The average Bonchev–Trinajstić information content (AvgIpc) is 2.90. The van der Waals surface area contributed by atoms with Crippen LogP contribution in [-0.2, 0) is 0 Å². The molecule has 4 rings (SSSR count). The molecular formula is C17H27FN6O. The van der Waals surface area contributed by atoms with Crippen molar-refractivity contribution in [3.05, 3.63) is 0 Å². The Morgan fingerprint density at radius 3 is 2.24 bits per heavy atom. The van der Waals surface area contributed by atoms with Crippen LogP contribution in [0.5, 0.6) is 6.01 Å². The molecule has 1 aromatic heterocycles. The van der Waals surface area contributed by atoms with E-state index in [4.69, 9.17) is 10.5 Å². The van der Waals surface area contributed by atoms with Crippen molar-refractivity contribution in [3.63, 3.8) is 0 Å². The van der Waals surface area contributed by atoms with Crippen LogP contribution in [0.15, 0.2) is 0 Å². The maximum absolute atomic E-state index is 15.2. The smallest absolute Gasteiger partial charge is 0.322 e. The molecule has 1 aliphatic carbocycles. The zero-order valence-corrected chi connectivity index (χ0v) is 14.9. The zero-order valence-electron chi connectivity index (χ0n) is 14.9. The molecule has 2 saturated heterocycles. The van der Waals surface area contributed by atoms with E-state index in [2.05, 4.69) is 19.9 Å². The molecule has 7 nitrogen and oxygen atoms in total. The molecule has 8 heteroatoms. The van der Waals surface area contributed by atoms with E-state index in [1.165, 1.54) is 12.8 Å². The molecule has 3 fully saturated rings. The summed E-state index contributed by atoms with van der Waals surface area (Å²) in [6.45, 7) is 2.55. The van der Waals surface area contributed by atoms with E-state index < -0.39 is 11.2 Å². The summed E-state index contributed by atoms with van der Waals surface area (Å²) in [5.41, 5.74) is 4.22. The predicted molar refractivity (Wildman–Crippen MR) is 93.9 cm³/mol. The second-order valence-corrected chi connectivity index (χ2v) is 7.65. The number of alkyl halides is 1. The normalized spacial score (nSPS) is 32.6. The van der Waals surface area contributed by atoms with Gasteiger partial charge in [0.2, 0.25) is 11.9 Å². The molecular weight excluding hydrogens is 323 g/mol. The summed E-state index contributed by atoms with van der Waals surface area (Å²) < 4.78 is 20.5. The van der Waals surface area contributed by atoms with E-state index in [1.54, 1.807) is 7.11 Å². The lowest BCUT2D eigenvalue weighted by Gasteiger charge is -2.27.